The Hall–Kier alpha value is -3.21. The lowest BCUT2D eigenvalue weighted by Crippen LogP contribution is -2.23. The SMILES string of the molecule is CNc1ccc(-c2ccc(C(=O)NCc3cccnc3)c(F)c2)c(C)c1. The number of hydrogen-bond acceptors (Lipinski definition) is 3. The number of anilines is 1. The van der Waals surface area contributed by atoms with Gasteiger partial charge in [-0.05, 0) is 59.5 Å². The lowest BCUT2D eigenvalue weighted by Gasteiger charge is -2.11. The Kier molecular flexibility index (Phi) is 5.27. The predicted octanol–water partition coefficient (Wildman–Crippen LogP) is 4.17. The van der Waals surface area contributed by atoms with Crippen molar-refractivity contribution in [3.63, 3.8) is 0 Å². The molecule has 0 fully saturated rings. The van der Waals surface area contributed by atoms with E-state index in [2.05, 4.69) is 15.6 Å². The summed E-state index contributed by atoms with van der Waals surface area (Å²) in [6, 6.07) is 14.2. The van der Waals surface area contributed by atoms with Gasteiger partial charge in [-0.25, -0.2) is 4.39 Å². The summed E-state index contributed by atoms with van der Waals surface area (Å²) in [5, 5.41) is 5.79. The summed E-state index contributed by atoms with van der Waals surface area (Å²) in [7, 11) is 1.85. The smallest absolute Gasteiger partial charge is 0.254 e. The molecule has 2 N–H and O–H groups in total. The number of nitrogens with zero attached hydrogens (tertiary/aromatic N) is 1. The maximum Gasteiger partial charge on any atom is 0.254 e. The molecule has 0 bridgehead atoms. The molecule has 0 saturated heterocycles. The van der Waals surface area contributed by atoms with Gasteiger partial charge in [0.25, 0.3) is 5.91 Å². The van der Waals surface area contributed by atoms with Gasteiger partial charge in [0, 0.05) is 31.7 Å². The van der Waals surface area contributed by atoms with E-state index in [0.717, 1.165) is 27.9 Å². The quantitative estimate of drug-likeness (QED) is 0.727. The van der Waals surface area contributed by atoms with Crippen molar-refractivity contribution in [1.29, 1.82) is 0 Å². The molecule has 4 nitrogen and oxygen atoms in total. The second-order valence-electron chi connectivity index (χ2n) is 6.02. The molecular formula is C21H20FN3O. The van der Waals surface area contributed by atoms with Crippen LogP contribution in [0.5, 0.6) is 0 Å². The fraction of sp³-hybridized carbons (Fsp3) is 0.143. The first-order chi connectivity index (χ1) is 12.6. The molecule has 0 spiro atoms. The van der Waals surface area contributed by atoms with Crippen LogP contribution in [0.3, 0.4) is 0 Å². The molecule has 1 heterocycles. The van der Waals surface area contributed by atoms with Gasteiger partial charge in [0.15, 0.2) is 0 Å². The van der Waals surface area contributed by atoms with Crippen molar-refractivity contribution >= 4 is 11.6 Å². The fourth-order valence-electron chi connectivity index (χ4n) is 2.79. The lowest BCUT2D eigenvalue weighted by atomic mass is 9.98. The summed E-state index contributed by atoms with van der Waals surface area (Å²) in [6.45, 7) is 2.28. The zero-order valence-electron chi connectivity index (χ0n) is 14.7. The summed E-state index contributed by atoms with van der Waals surface area (Å²) in [5.74, 6) is -0.983. The summed E-state index contributed by atoms with van der Waals surface area (Å²) < 4.78 is 14.5. The van der Waals surface area contributed by atoms with Crippen LogP contribution >= 0.6 is 0 Å². The highest BCUT2D eigenvalue weighted by molar-refractivity contribution is 5.95. The van der Waals surface area contributed by atoms with E-state index in [4.69, 9.17) is 0 Å². The van der Waals surface area contributed by atoms with Crippen LogP contribution in [0.15, 0.2) is 60.9 Å². The van der Waals surface area contributed by atoms with Gasteiger partial charge in [0.1, 0.15) is 5.82 Å². The molecule has 0 atom stereocenters. The van der Waals surface area contributed by atoms with Gasteiger partial charge in [-0.1, -0.05) is 18.2 Å². The number of aryl methyl sites for hydroxylation is 1. The predicted molar refractivity (Wildman–Crippen MR) is 102 cm³/mol. The fourth-order valence-corrected chi connectivity index (χ4v) is 2.79. The van der Waals surface area contributed by atoms with Crippen LogP contribution in [-0.2, 0) is 6.54 Å². The molecule has 0 aliphatic rings. The lowest BCUT2D eigenvalue weighted by molar-refractivity contribution is 0.0947. The highest BCUT2D eigenvalue weighted by Gasteiger charge is 2.13. The Labute approximate surface area is 152 Å². The molecule has 26 heavy (non-hydrogen) atoms. The van der Waals surface area contributed by atoms with Gasteiger partial charge in [0.2, 0.25) is 0 Å². The highest BCUT2D eigenvalue weighted by atomic mass is 19.1. The first-order valence-corrected chi connectivity index (χ1v) is 8.34. The van der Waals surface area contributed by atoms with E-state index in [1.54, 1.807) is 24.5 Å². The third-order valence-electron chi connectivity index (χ3n) is 4.22. The molecule has 3 rings (SSSR count). The Balaban J connectivity index is 1.78. The van der Waals surface area contributed by atoms with Crippen molar-refractivity contribution in [1.82, 2.24) is 10.3 Å². The number of amides is 1. The molecule has 2 aromatic carbocycles. The molecule has 0 aliphatic heterocycles. The van der Waals surface area contributed by atoms with E-state index in [-0.39, 0.29) is 5.56 Å². The number of rotatable bonds is 5. The Bertz CT molecular complexity index is 926. The third kappa shape index (κ3) is 3.88. The molecule has 5 heteroatoms. The molecule has 0 unspecified atom stereocenters. The first kappa shape index (κ1) is 17.6. The monoisotopic (exact) mass is 349 g/mol. The number of benzene rings is 2. The van der Waals surface area contributed by atoms with Crippen LogP contribution in [0.2, 0.25) is 0 Å². The molecular weight excluding hydrogens is 329 g/mol. The molecule has 0 saturated carbocycles. The van der Waals surface area contributed by atoms with E-state index in [1.807, 2.05) is 38.2 Å². The topological polar surface area (TPSA) is 54.0 Å². The molecule has 0 radical (unpaired) electrons. The van der Waals surface area contributed by atoms with Crippen LogP contribution < -0.4 is 10.6 Å². The van der Waals surface area contributed by atoms with Crippen LogP contribution in [0.4, 0.5) is 10.1 Å². The number of carbonyl (C=O) groups excluding carboxylic acids is 1. The standard InChI is InChI=1S/C21H20FN3O/c1-14-10-17(23-2)6-8-18(14)16-5-7-19(20(22)11-16)21(26)25-13-15-4-3-9-24-12-15/h3-12,23H,13H2,1-2H3,(H,25,26). The maximum atomic E-state index is 14.5. The highest BCUT2D eigenvalue weighted by Crippen LogP contribution is 2.27. The van der Waals surface area contributed by atoms with E-state index < -0.39 is 11.7 Å². The second-order valence-corrected chi connectivity index (χ2v) is 6.02. The van der Waals surface area contributed by atoms with Gasteiger partial charge in [-0.2, -0.15) is 0 Å². The number of halogens is 1. The molecule has 1 amide bonds. The summed E-state index contributed by atoms with van der Waals surface area (Å²) in [6.07, 6.45) is 3.33. The maximum absolute atomic E-state index is 14.5. The average Bonchev–Trinajstić information content (AvgIpc) is 2.66. The number of nitrogens with one attached hydrogen (secondary N) is 2. The van der Waals surface area contributed by atoms with Crippen LogP contribution in [0, 0.1) is 12.7 Å². The van der Waals surface area contributed by atoms with Crippen molar-refractivity contribution < 1.29 is 9.18 Å². The molecule has 132 valence electrons. The number of aromatic nitrogens is 1. The van der Waals surface area contributed by atoms with Gasteiger partial charge in [-0.15, -0.1) is 0 Å². The summed E-state index contributed by atoms with van der Waals surface area (Å²) in [5.41, 5.74) is 4.60. The number of pyridine rings is 1. The number of hydrogen-bond donors (Lipinski definition) is 2. The van der Waals surface area contributed by atoms with Crippen LogP contribution in [0.1, 0.15) is 21.5 Å². The van der Waals surface area contributed by atoms with Gasteiger partial charge in [-0.3, -0.25) is 9.78 Å². The zero-order valence-corrected chi connectivity index (χ0v) is 14.7. The normalized spacial score (nSPS) is 10.4. The van der Waals surface area contributed by atoms with Crippen molar-refractivity contribution in [2.75, 3.05) is 12.4 Å². The third-order valence-corrected chi connectivity index (χ3v) is 4.22. The van der Waals surface area contributed by atoms with E-state index in [1.165, 1.54) is 12.1 Å². The Morgan fingerprint density at radius 2 is 2.00 bits per heavy atom. The summed E-state index contributed by atoms with van der Waals surface area (Å²) >= 11 is 0. The van der Waals surface area contributed by atoms with Crippen LogP contribution in [-0.4, -0.2) is 17.9 Å². The van der Waals surface area contributed by atoms with E-state index in [0.29, 0.717) is 6.54 Å². The minimum atomic E-state index is -0.539. The zero-order chi connectivity index (χ0) is 18.5. The van der Waals surface area contributed by atoms with Crippen molar-refractivity contribution in [3.8, 4) is 11.1 Å². The number of carbonyl (C=O) groups is 1. The van der Waals surface area contributed by atoms with E-state index >= 15 is 0 Å². The van der Waals surface area contributed by atoms with Gasteiger partial charge in [0.05, 0.1) is 5.56 Å². The van der Waals surface area contributed by atoms with E-state index in [9.17, 15) is 9.18 Å². The molecule has 3 aromatic rings. The van der Waals surface area contributed by atoms with Crippen molar-refractivity contribution in [2.45, 2.75) is 13.5 Å². The Morgan fingerprint density at radius 3 is 2.65 bits per heavy atom. The first-order valence-electron chi connectivity index (χ1n) is 8.34. The second kappa shape index (κ2) is 7.78. The molecule has 0 aliphatic carbocycles. The molecule has 1 aromatic heterocycles. The van der Waals surface area contributed by atoms with Crippen molar-refractivity contribution in [2.24, 2.45) is 0 Å². The average molecular weight is 349 g/mol. The minimum absolute atomic E-state index is 0.0298. The summed E-state index contributed by atoms with van der Waals surface area (Å²) in [4.78, 5) is 16.2. The van der Waals surface area contributed by atoms with Crippen LogP contribution in [0.25, 0.3) is 11.1 Å². The van der Waals surface area contributed by atoms with Gasteiger partial charge < -0.3 is 10.6 Å². The Morgan fingerprint density at radius 1 is 1.15 bits per heavy atom. The minimum Gasteiger partial charge on any atom is -0.388 e. The van der Waals surface area contributed by atoms with Gasteiger partial charge >= 0.3 is 0 Å². The van der Waals surface area contributed by atoms with Crippen molar-refractivity contribution in [3.05, 3.63) is 83.4 Å². The largest absolute Gasteiger partial charge is 0.388 e.